The number of carbonyl (C=O) groups is 2. The zero-order chi connectivity index (χ0) is 23.4. The number of benzene rings is 2. The van der Waals surface area contributed by atoms with Crippen LogP contribution in [0.15, 0.2) is 71.5 Å². The van der Waals surface area contributed by atoms with E-state index in [9.17, 15) is 14.4 Å². The van der Waals surface area contributed by atoms with Crippen LogP contribution in [0.3, 0.4) is 0 Å². The molecular formula is C26H28N4O3. The summed E-state index contributed by atoms with van der Waals surface area (Å²) in [7, 11) is 0. The number of nitrogens with zero attached hydrogens (tertiary/aromatic N) is 2. The first-order chi connectivity index (χ1) is 15.9. The Hall–Kier alpha value is -3.74. The maximum absolute atomic E-state index is 13.5. The van der Waals surface area contributed by atoms with Gasteiger partial charge in [-0.1, -0.05) is 54.6 Å². The molecule has 1 atom stereocenters. The molecular weight excluding hydrogens is 416 g/mol. The lowest BCUT2D eigenvalue weighted by Gasteiger charge is -2.30. The van der Waals surface area contributed by atoms with Crippen molar-refractivity contribution < 1.29 is 9.59 Å². The van der Waals surface area contributed by atoms with Crippen molar-refractivity contribution in [3.05, 3.63) is 88.3 Å². The molecule has 2 heterocycles. The first-order valence-corrected chi connectivity index (χ1v) is 11.2. The van der Waals surface area contributed by atoms with Crippen LogP contribution in [0.1, 0.15) is 36.3 Å². The lowest BCUT2D eigenvalue weighted by atomic mass is 9.78. The highest BCUT2D eigenvalue weighted by Gasteiger charge is 2.46. The van der Waals surface area contributed by atoms with Crippen LogP contribution in [0, 0.1) is 5.41 Å². The molecule has 2 N–H and O–H groups in total. The van der Waals surface area contributed by atoms with E-state index in [0.29, 0.717) is 19.4 Å². The average Bonchev–Trinajstić information content (AvgIpc) is 3.25. The summed E-state index contributed by atoms with van der Waals surface area (Å²) in [6, 6.07) is 20.9. The molecule has 1 aliphatic heterocycles. The maximum atomic E-state index is 13.5. The Morgan fingerprint density at radius 1 is 1.06 bits per heavy atom. The molecule has 170 valence electrons. The zero-order valence-corrected chi connectivity index (χ0v) is 18.9. The van der Waals surface area contributed by atoms with Gasteiger partial charge in [0.1, 0.15) is 5.69 Å². The van der Waals surface area contributed by atoms with Gasteiger partial charge in [0, 0.05) is 25.2 Å². The summed E-state index contributed by atoms with van der Waals surface area (Å²) in [6.07, 6.45) is 1.06. The predicted octanol–water partition coefficient (Wildman–Crippen LogP) is 3.04. The van der Waals surface area contributed by atoms with Crippen molar-refractivity contribution in [1.29, 1.82) is 0 Å². The van der Waals surface area contributed by atoms with E-state index >= 15 is 0 Å². The number of carbonyl (C=O) groups excluding carboxylic acids is 2. The molecule has 1 saturated heterocycles. The van der Waals surface area contributed by atoms with E-state index in [2.05, 4.69) is 39.8 Å². The fraction of sp³-hybridized carbons (Fsp3) is 0.308. The van der Waals surface area contributed by atoms with Crippen molar-refractivity contribution in [1.82, 2.24) is 20.4 Å². The molecule has 4 rings (SSSR count). The van der Waals surface area contributed by atoms with E-state index in [4.69, 9.17) is 0 Å². The van der Waals surface area contributed by atoms with Gasteiger partial charge < -0.3 is 10.2 Å². The van der Waals surface area contributed by atoms with Crippen molar-refractivity contribution in [2.45, 2.75) is 32.7 Å². The van der Waals surface area contributed by atoms with Gasteiger partial charge in [0.15, 0.2) is 0 Å². The average molecular weight is 445 g/mol. The first-order valence-electron chi connectivity index (χ1n) is 11.2. The third kappa shape index (κ3) is 4.87. The van der Waals surface area contributed by atoms with Crippen LogP contribution < -0.4 is 10.9 Å². The van der Waals surface area contributed by atoms with Crippen LogP contribution in [0.25, 0.3) is 11.1 Å². The SMILES string of the molecule is CC(C)NC(=O)C1(Cc2ccccc2-c2ccccc2)CCN(C(=O)c2ccc(=O)[nH]n2)C1. The number of hydrogen-bond donors (Lipinski definition) is 2. The number of aromatic nitrogens is 2. The molecule has 3 aromatic rings. The van der Waals surface area contributed by atoms with Crippen LogP contribution in [0.2, 0.25) is 0 Å². The van der Waals surface area contributed by atoms with E-state index < -0.39 is 5.41 Å². The van der Waals surface area contributed by atoms with Crippen molar-refractivity contribution in [3.8, 4) is 11.1 Å². The van der Waals surface area contributed by atoms with Crippen LogP contribution in [0.5, 0.6) is 0 Å². The Balaban J connectivity index is 1.66. The van der Waals surface area contributed by atoms with Gasteiger partial charge in [-0.25, -0.2) is 5.10 Å². The molecule has 7 nitrogen and oxygen atoms in total. The number of amides is 2. The molecule has 0 aliphatic carbocycles. The summed E-state index contributed by atoms with van der Waals surface area (Å²) < 4.78 is 0. The number of hydrogen-bond acceptors (Lipinski definition) is 4. The number of likely N-dealkylation sites (tertiary alicyclic amines) is 1. The monoisotopic (exact) mass is 444 g/mol. The summed E-state index contributed by atoms with van der Waals surface area (Å²) in [5.41, 5.74) is 2.29. The Morgan fingerprint density at radius 3 is 2.48 bits per heavy atom. The number of nitrogens with one attached hydrogen (secondary N) is 2. The molecule has 0 radical (unpaired) electrons. The zero-order valence-electron chi connectivity index (χ0n) is 18.9. The highest BCUT2D eigenvalue weighted by Crippen LogP contribution is 2.38. The smallest absolute Gasteiger partial charge is 0.274 e. The Morgan fingerprint density at radius 2 is 1.79 bits per heavy atom. The normalized spacial score (nSPS) is 17.8. The molecule has 0 bridgehead atoms. The summed E-state index contributed by atoms with van der Waals surface area (Å²) in [5.74, 6) is -0.341. The second-order valence-electron chi connectivity index (χ2n) is 8.89. The minimum atomic E-state index is -0.757. The summed E-state index contributed by atoms with van der Waals surface area (Å²) >= 11 is 0. The van der Waals surface area contributed by atoms with Gasteiger partial charge in [0.2, 0.25) is 5.91 Å². The molecule has 7 heteroatoms. The quantitative estimate of drug-likeness (QED) is 0.611. The molecule has 2 aromatic carbocycles. The van der Waals surface area contributed by atoms with Gasteiger partial charge >= 0.3 is 0 Å². The van der Waals surface area contributed by atoms with E-state index in [1.165, 1.54) is 12.1 Å². The van der Waals surface area contributed by atoms with Crippen LogP contribution >= 0.6 is 0 Å². The minimum Gasteiger partial charge on any atom is -0.353 e. The molecule has 1 fully saturated rings. The molecule has 2 amide bonds. The molecule has 1 aliphatic rings. The van der Waals surface area contributed by atoms with Crippen LogP contribution in [-0.4, -0.2) is 46.0 Å². The fourth-order valence-corrected chi connectivity index (χ4v) is 4.43. The van der Waals surface area contributed by atoms with Crippen LogP contribution in [-0.2, 0) is 11.2 Å². The number of aromatic amines is 1. The van der Waals surface area contributed by atoms with E-state index in [1.54, 1.807) is 4.90 Å². The number of H-pyrrole nitrogens is 1. The predicted molar refractivity (Wildman–Crippen MR) is 127 cm³/mol. The third-order valence-corrected chi connectivity index (χ3v) is 6.07. The first kappa shape index (κ1) is 22.5. The highest BCUT2D eigenvalue weighted by molar-refractivity contribution is 5.93. The fourth-order valence-electron chi connectivity index (χ4n) is 4.43. The Kier molecular flexibility index (Phi) is 6.40. The second kappa shape index (κ2) is 9.40. The van der Waals surface area contributed by atoms with E-state index in [1.807, 2.05) is 44.2 Å². The minimum absolute atomic E-state index is 0.00985. The van der Waals surface area contributed by atoms with Crippen molar-refractivity contribution in [2.24, 2.45) is 5.41 Å². The van der Waals surface area contributed by atoms with Gasteiger partial charge in [-0.3, -0.25) is 14.4 Å². The van der Waals surface area contributed by atoms with Crippen molar-refractivity contribution >= 4 is 11.8 Å². The standard InChI is InChI=1S/C26H28N4O3/c1-18(2)27-25(33)26(14-15-30(17-26)24(32)22-12-13-23(31)29-28-22)16-20-10-6-7-11-21(20)19-8-4-3-5-9-19/h3-13,18H,14-17H2,1-2H3,(H,27,33)(H,29,31). The molecule has 33 heavy (non-hydrogen) atoms. The van der Waals surface area contributed by atoms with Gasteiger partial charge in [-0.15, -0.1) is 0 Å². The summed E-state index contributed by atoms with van der Waals surface area (Å²) in [4.78, 5) is 39.5. The van der Waals surface area contributed by atoms with Gasteiger partial charge in [-0.05, 0) is 49.4 Å². The van der Waals surface area contributed by atoms with Gasteiger partial charge in [0.25, 0.3) is 11.5 Å². The van der Waals surface area contributed by atoms with E-state index in [0.717, 1.165) is 16.7 Å². The van der Waals surface area contributed by atoms with E-state index in [-0.39, 0.29) is 35.7 Å². The lowest BCUT2D eigenvalue weighted by Crippen LogP contribution is -2.47. The maximum Gasteiger partial charge on any atom is 0.274 e. The number of rotatable bonds is 6. The lowest BCUT2D eigenvalue weighted by molar-refractivity contribution is -0.130. The van der Waals surface area contributed by atoms with Crippen LogP contribution in [0.4, 0.5) is 0 Å². The van der Waals surface area contributed by atoms with Gasteiger partial charge in [-0.2, -0.15) is 5.10 Å². The molecule has 0 saturated carbocycles. The topological polar surface area (TPSA) is 95.2 Å². The summed E-state index contributed by atoms with van der Waals surface area (Å²) in [5, 5.41) is 9.25. The third-order valence-electron chi connectivity index (χ3n) is 6.07. The highest BCUT2D eigenvalue weighted by atomic mass is 16.2. The van der Waals surface area contributed by atoms with Gasteiger partial charge in [0.05, 0.1) is 5.41 Å². The molecule has 1 unspecified atom stereocenters. The van der Waals surface area contributed by atoms with Crippen molar-refractivity contribution in [3.63, 3.8) is 0 Å². The summed E-state index contributed by atoms with van der Waals surface area (Å²) in [6.45, 7) is 4.60. The molecule has 0 spiro atoms. The Labute approximate surface area is 192 Å². The second-order valence-corrected chi connectivity index (χ2v) is 8.89. The largest absolute Gasteiger partial charge is 0.353 e. The Bertz CT molecular complexity index is 1180. The molecule has 1 aromatic heterocycles. The van der Waals surface area contributed by atoms with Crippen molar-refractivity contribution in [2.75, 3.05) is 13.1 Å².